The van der Waals surface area contributed by atoms with E-state index in [0.29, 0.717) is 11.8 Å². The van der Waals surface area contributed by atoms with E-state index in [1.807, 2.05) is 48.8 Å². The molecule has 4 rings (SSSR count). The van der Waals surface area contributed by atoms with Crippen LogP contribution in [0.5, 0.6) is 0 Å². The van der Waals surface area contributed by atoms with Crippen molar-refractivity contribution in [3.05, 3.63) is 118 Å². The number of pyridine rings is 2. The Balaban J connectivity index is -0.00000267. The van der Waals surface area contributed by atoms with Crippen LogP contribution in [0.1, 0.15) is 84.3 Å². The van der Waals surface area contributed by atoms with E-state index >= 15 is 0 Å². The number of hydrogen-bond acceptors (Lipinski definition) is 4. The molecule has 0 unspecified atom stereocenters. The van der Waals surface area contributed by atoms with E-state index in [0.717, 1.165) is 29.2 Å². The van der Waals surface area contributed by atoms with Gasteiger partial charge >= 0.3 is 0 Å². The van der Waals surface area contributed by atoms with Crippen LogP contribution in [0.4, 0.5) is 11.4 Å². The number of aryl methyl sites for hydroxylation is 2. The first-order chi connectivity index (χ1) is 17.8. The van der Waals surface area contributed by atoms with Crippen LogP contribution >= 0.6 is 49.6 Å². The summed E-state index contributed by atoms with van der Waals surface area (Å²) in [4.78, 5) is 18.4. The smallest absolute Gasteiger partial charge is 0.0812 e. The third kappa shape index (κ3) is 12.8. The fourth-order valence-corrected chi connectivity index (χ4v) is 4.63. The van der Waals surface area contributed by atoms with Crippen molar-refractivity contribution in [1.29, 1.82) is 0 Å². The van der Waals surface area contributed by atoms with Crippen LogP contribution in [-0.4, -0.2) is 22.4 Å². The van der Waals surface area contributed by atoms with Gasteiger partial charge in [0, 0.05) is 53.2 Å². The van der Waals surface area contributed by atoms with Gasteiger partial charge in [0.25, 0.3) is 0 Å². The van der Waals surface area contributed by atoms with Crippen molar-refractivity contribution in [1.82, 2.24) is 9.97 Å². The molecular formula is C33H40Cl4N4Pd2. The van der Waals surface area contributed by atoms with Crippen LogP contribution in [0.25, 0.3) is 0 Å². The molecule has 10 heteroatoms. The summed E-state index contributed by atoms with van der Waals surface area (Å²) in [6.45, 7) is 13.2. The average molecular weight is 847 g/mol. The zero-order chi connectivity index (χ0) is 26.4. The fraction of sp³-hybridized carbons (Fsp3) is 0.273. The van der Waals surface area contributed by atoms with Crippen LogP contribution in [0, 0.1) is 13.8 Å². The summed E-state index contributed by atoms with van der Waals surface area (Å²) in [7, 11) is 0. The topological polar surface area (TPSA) is 50.5 Å². The van der Waals surface area contributed by atoms with Crippen molar-refractivity contribution in [3.63, 3.8) is 0 Å². The summed E-state index contributed by atoms with van der Waals surface area (Å²) < 4.78 is 0. The zero-order valence-corrected chi connectivity index (χ0v) is 31.4. The second-order valence-corrected chi connectivity index (χ2v) is 10.2. The number of hydrogen-bond donors (Lipinski definition) is 0. The Bertz CT molecular complexity index is 1380. The number of nitrogens with zero attached hydrogens (tertiary/aromatic N) is 4. The molecule has 2 heterocycles. The minimum atomic E-state index is 0. The molecule has 0 spiro atoms. The van der Waals surface area contributed by atoms with E-state index in [1.165, 1.54) is 33.4 Å². The molecule has 4 aromatic rings. The summed E-state index contributed by atoms with van der Waals surface area (Å²) in [6, 6.07) is 20.9. The van der Waals surface area contributed by atoms with E-state index in [-0.39, 0.29) is 90.5 Å². The summed E-state index contributed by atoms with van der Waals surface area (Å²) in [5.74, 6) is 0.722. The third-order valence-electron chi connectivity index (χ3n) is 6.46. The monoisotopic (exact) mass is 844 g/mol. The minimum Gasteiger partial charge on any atom is -0.255 e. The van der Waals surface area contributed by atoms with Crippen molar-refractivity contribution in [2.75, 3.05) is 0 Å². The van der Waals surface area contributed by atoms with Gasteiger partial charge in [-0.15, -0.1) is 49.6 Å². The molecule has 0 aliphatic heterocycles. The maximum Gasteiger partial charge on any atom is 0.0812 e. The molecule has 0 aliphatic carbocycles. The number of aliphatic imine (C=N–C) groups is 2. The largest absolute Gasteiger partial charge is 0.255 e. The first-order valence-electron chi connectivity index (χ1n) is 13.0. The van der Waals surface area contributed by atoms with Crippen LogP contribution < -0.4 is 0 Å². The van der Waals surface area contributed by atoms with E-state index in [1.54, 1.807) is 12.4 Å². The third-order valence-corrected chi connectivity index (χ3v) is 6.46. The van der Waals surface area contributed by atoms with Crippen molar-refractivity contribution in [2.45, 2.75) is 59.8 Å². The molecule has 0 N–H and O–H groups in total. The van der Waals surface area contributed by atoms with Gasteiger partial charge in [0.15, 0.2) is 0 Å². The first-order valence-corrected chi connectivity index (χ1v) is 13.0. The Morgan fingerprint density at radius 2 is 1.00 bits per heavy atom. The summed E-state index contributed by atoms with van der Waals surface area (Å²) in [6.07, 6.45) is 8.18. The van der Waals surface area contributed by atoms with Gasteiger partial charge in [-0.3, -0.25) is 20.0 Å². The Morgan fingerprint density at radius 3 is 1.37 bits per heavy atom. The molecule has 0 saturated heterocycles. The Kier molecular flexibility index (Phi) is 23.7. The van der Waals surface area contributed by atoms with Gasteiger partial charge in [-0.2, -0.15) is 0 Å². The molecule has 0 radical (unpaired) electrons. The fourth-order valence-electron chi connectivity index (χ4n) is 4.63. The number of halogens is 4. The van der Waals surface area contributed by atoms with Crippen molar-refractivity contribution >= 4 is 73.4 Å². The quantitative estimate of drug-likeness (QED) is 0.131. The number of rotatable bonds is 8. The number of benzene rings is 2. The molecule has 240 valence electrons. The number of aromatic nitrogens is 2. The van der Waals surface area contributed by atoms with E-state index in [4.69, 9.17) is 9.98 Å². The summed E-state index contributed by atoms with van der Waals surface area (Å²) >= 11 is 0. The molecule has 0 bridgehead atoms. The molecule has 0 aliphatic rings. The molecule has 0 fully saturated rings. The Labute approximate surface area is 309 Å². The van der Waals surface area contributed by atoms with Crippen molar-refractivity contribution in [2.24, 2.45) is 9.98 Å². The molecule has 0 saturated carbocycles. The Hall–Kier alpha value is -1.44. The van der Waals surface area contributed by atoms with Gasteiger partial charge in [-0.25, -0.2) is 0 Å². The van der Waals surface area contributed by atoms with Gasteiger partial charge in [0.2, 0.25) is 0 Å². The normalized spacial score (nSPS) is 10.2. The van der Waals surface area contributed by atoms with Gasteiger partial charge in [-0.1, -0.05) is 64.1 Å². The SMILES string of the molecule is Cc1cc(Cc2cc(C(C)C)c(N=Cc3ccccn3)c(C(C)C)c2)cc(C)c1N=Cc1ccccn1.Cl.Cl.Cl.Cl.[Pd].[Pd]. The van der Waals surface area contributed by atoms with Crippen LogP contribution in [0.2, 0.25) is 0 Å². The van der Waals surface area contributed by atoms with Gasteiger partial charge in [-0.05, 0) is 89.8 Å². The van der Waals surface area contributed by atoms with Crippen LogP contribution in [0.3, 0.4) is 0 Å². The molecule has 2 aromatic carbocycles. The standard InChI is InChI=1S/C33H36N4.4ClH.2Pd/c1-22(2)30-18-27(19-31(23(3)4)33(30)37-21-29-12-8-10-14-35-29)17-26-15-24(5)32(25(6)16-26)36-20-28-11-7-9-13-34-28;;;;;;/h7-16,18-23H,17H2,1-6H3;4*1H;;. The van der Waals surface area contributed by atoms with Gasteiger partial charge < -0.3 is 0 Å². The predicted molar refractivity (Wildman–Crippen MR) is 185 cm³/mol. The molecule has 43 heavy (non-hydrogen) atoms. The van der Waals surface area contributed by atoms with E-state index < -0.39 is 0 Å². The summed E-state index contributed by atoms with van der Waals surface area (Å²) in [5.41, 5.74) is 11.3. The van der Waals surface area contributed by atoms with Gasteiger partial charge in [0.05, 0.1) is 35.2 Å². The molecule has 2 aromatic heterocycles. The minimum absolute atomic E-state index is 0. The Morgan fingerprint density at radius 1 is 0.605 bits per heavy atom. The average Bonchev–Trinajstić information content (AvgIpc) is 2.88. The summed E-state index contributed by atoms with van der Waals surface area (Å²) in [5, 5.41) is 0. The van der Waals surface area contributed by atoms with Crippen LogP contribution in [0.15, 0.2) is 83.0 Å². The van der Waals surface area contributed by atoms with Crippen molar-refractivity contribution < 1.29 is 40.8 Å². The molecular weight excluding hydrogens is 807 g/mol. The van der Waals surface area contributed by atoms with Crippen molar-refractivity contribution in [3.8, 4) is 0 Å². The molecule has 0 atom stereocenters. The maximum atomic E-state index is 4.94. The molecule has 4 nitrogen and oxygen atoms in total. The zero-order valence-electron chi connectivity index (χ0n) is 25.0. The van der Waals surface area contributed by atoms with Crippen LogP contribution in [-0.2, 0) is 47.3 Å². The predicted octanol–water partition coefficient (Wildman–Crippen LogP) is 10.1. The first kappa shape index (κ1) is 46.0. The van der Waals surface area contributed by atoms with Gasteiger partial charge in [0.1, 0.15) is 0 Å². The maximum absolute atomic E-state index is 4.94. The van der Waals surface area contributed by atoms with E-state index in [9.17, 15) is 0 Å². The second kappa shape index (κ2) is 22.1. The second-order valence-electron chi connectivity index (χ2n) is 10.2. The van der Waals surface area contributed by atoms with E-state index in [2.05, 4.69) is 75.8 Å². The molecule has 0 amide bonds.